The molecule has 0 unspecified atom stereocenters. The van der Waals surface area contributed by atoms with Gasteiger partial charge in [0, 0.05) is 0 Å². The van der Waals surface area contributed by atoms with Crippen molar-refractivity contribution >= 4 is 35.3 Å². The van der Waals surface area contributed by atoms with Gasteiger partial charge in [-0.1, -0.05) is 0 Å². The number of hydrogen-bond donors (Lipinski definition) is 0. The number of unbranched alkanes of at least 4 members (excludes halogenated alkanes) is 3. The van der Waals surface area contributed by atoms with Crippen LogP contribution in [0.2, 0.25) is 17.7 Å². The van der Waals surface area contributed by atoms with Crippen molar-refractivity contribution < 1.29 is 4.74 Å². The van der Waals surface area contributed by atoms with Gasteiger partial charge in [0.25, 0.3) is 0 Å². The van der Waals surface area contributed by atoms with E-state index in [1.807, 2.05) is 22.9 Å². The Labute approximate surface area is 175 Å². The predicted octanol–water partition coefficient (Wildman–Crippen LogP) is 7.12. The van der Waals surface area contributed by atoms with Gasteiger partial charge in [0.05, 0.1) is 0 Å². The number of nitrogens with zero attached hydrogens (tertiary/aromatic N) is 3. The molecule has 1 aromatic carbocycles. The van der Waals surface area contributed by atoms with Crippen LogP contribution in [-0.2, 0) is 4.74 Å². The van der Waals surface area contributed by atoms with E-state index in [1.54, 1.807) is 0 Å². The van der Waals surface area contributed by atoms with E-state index in [2.05, 4.69) is 50.1 Å². The van der Waals surface area contributed by atoms with Crippen molar-refractivity contribution in [2.24, 2.45) is 0 Å². The SMILES string of the molecule is CCC[CH2][Sn]([CH2]/C=C(\OCC)n1nnc2ccccc21)([CH2]CCC)[CH2]CCC. The Morgan fingerprint density at radius 1 is 0.964 bits per heavy atom. The zero-order valence-corrected chi connectivity index (χ0v) is 21.3. The molecule has 0 bridgehead atoms. The van der Waals surface area contributed by atoms with E-state index in [1.165, 1.54) is 56.3 Å². The Hall–Kier alpha value is -1.04. The van der Waals surface area contributed by atoms with Crippen LogP contribution in [0.1, 0.15) is 66.2 Å². The van der Waals surface area contributed by atoms with E-state index in [0.717, 1.165) is 16.9 Å². The maximum absolute atomic E-state index is 6.06. The van der Waals surface area contributed by atoms with E-state index < -0.39 is 18.4 Å². The molecule has 0 aliphatic rings. The summed E-state index contributed by atoms with van der Waals surface area (Å²) in [7, 11) is 0. The number of allylic oxidation sites excluding steroid dienone is 1. The molecule has 28 heavy (non-hydrogen) atoms. The van der Waals surface area contributed by atoms with E-state index in [0.29, 0.717) is 6.61 Å². The van der Waals surface area contributed by atoms with Gasteiger partial charge in [0.15, 0.2) is 0 Å². The molecule has 0 spiro atoms. The topological polar surface area (TPSA) is 39.9 Å². The van der Waals surface area contributed by atoms with Crippen LogP contribution in [0.25, 0.3) is 16.9 Å². The molecule has 0 amide bonds. The molecular weight excluding hydrogens is 453 g/mol. The summed E-state index contributed by atoms with van der Waals surface area (Å²) in [5, 5.41) is 8.72. The molecule has 0 saturated heterocycles. The fourth-order valence-corrected chi connectivity index (χ4v) is 19.1. The quantitative estimate of drug-likeness (QED) is 0.208. The normalized spacial score (nSPS) is 12.6. The Bertz CT molecular complexity index is 704. The number of rotatable bonds is 14. The Balaban J connectivity index is 2.32. The summed E-state index contributed by atoms with van der Waals surface area (Å²) in [6, 6.07) is 8.13. The molecule has 0 radical (unpaired) electrons. The second-order valence-corrected chi connectivity index (χ2v) is 22.0. The molecule has 0 N–H and O–H groups in total. The number of hydrogen-bond acceptors (Lipinski definition) is 3. The van der Waals surface area contributed by atoms with Crippen molar-refractivity contribution in [3.8, 4) is 0 Å². The van der Waals surface area contributed by atoms with Crippen LogP contribution in [0.3, 0.4) is 0 Å². The molecule has 0 aliphatic heterocycles. The molecule has 0 aliphatic carbocycles. The second kappa shape index (κ2) is 12.5. The Morgan fingerprint density at radius 3 is 2.14 bits per heavy atom. The molecule has 2 aromatic rings. The van der Waals surface area contributed by atoms with Gasteiger partial charge in [0.1, 0.15) is 0 Å². The van der Waals surface area contributed by atoms with E-state index in [-0.39, 0.29) is 0 Å². The number of aromatic nitrogens is 3. The van der Waals surface area contributed by atoms with E-state index >= 15 is 0 Å². The summed E-state index contributed by atoms with van der Waals surface area (Å²) < 4.78 is 13.8. The summed E-state index contributed by atoms with van der Waals surface area (Å²) in [4.78, 5) is 0. The van der Waals surface area contributed by atoms with Crippen LogP contribution in [0.15, 0.2) is 30.3 Å². The van der Waals surface area contributed by atoms with Crippen LogP contribution in [0.5, 0.6) is 0 Å². The summed E-state index contributed by atoms with van der Waals surface area (Å²) in [5.74, 6) is 0.877. The minimum absolute atomic E-state index is 0.654. The van der Waals surface area contributed by atoms with Gasteiger partial charge < -0.3 is 0 Å². The van der Waals surface area contributed by atoms with Gasteiger partial charge in [-0.05, 0) is 0 Å². The third kappa shape index (κ3) is 6.50. The summed E-state index contributed by atoms with van der Waals surface area (Å²) >= 11 is -2.23. The van der Waals surface area contributed by atoms with Crippen molar-refractivity contribution in [1.29, 1.82) is 0 Å². The zero-order valence-electron chi connectivity index (χ0n) is 18.4. The number of benzene rings is 1. The third-order valence-corrected chi connectivity index (χ3v) is 20.9. The van der Waals surface area contributed by atoms with Gasteiger partial charge in [-0.2, -0.15) is 0 Å². The number of para-hydroxylation sites is 1. The number of fused-ring (bicyclic) bond motifs is 1. The van der Waals surface area contributed by atoms with Crippen molar-refractivity contribution in [3.63, 3.8) is 0 Å². The average Bonchev–Trinajstić information content (AvgIpc) is 3.15. The van der Waals surface area contributed by atoms with Crippen molar-refractivity contribution in [3.05, 3.63) is 30.3 Å². The monoisotopic (exact) mass is 493 g/mol. The first-order chi connectivity index (χ1) is 13.7. The summed E-state index contributed by atoms with van der Waals surface area (Å²) in [6.07, 6.45) is 10.5. The molecule has 1 heterocycles. The van der Waals surface area contributed by atoms with Crippen LogP contribution in [-0.4, -0.2) is 40.0 Å². The fourth-order valence-electron chi connectivity index (χ4n) is 4.03. The van der Waals surface area contributed by atoms with Gasteiger partial charge in [0.2, 0.25) is 0 Å². The van der Waals surface area contributed by atoms with Crippen molar-refractivity contribution in [1.82, 2.24) is 15.0 Å². The van der Waals surface area contributed by atoms with Gasteiger partial charge in [-0.3, -0.25) is 0 Å². The first kappa shape index (κ1) is 23.2. The molecule has 0 fully saturated rings. The Kier molecular flexibility index (Phi) is 10.4. The first-order valence-corrected chi connectivity index (χ1v) is 19.4. The first-order valence-electron chi connectivity index (χ1n) is 11.3. The second-order valence-electron chi connectivity index (χ2n) is 7.98. The number of ether oxygens (including phenoxy) is 1. The van der Waals surface area contributed by atoms with E-state index in [9.17, 15) is 0 Å². The predicted molar refractivity (Wildman–Crippen MR) is 123 cm³/mol. The van der Waals surface area contributed by atoms with Crippen LogP contribution >= 0.6 is 0 Å². The molecule has 156 valence electrons. The molecule has 5 heteroatoms. The average molecular weight is 492 g/mol. The third-order valence-electron chi connectivity index (χ3n) is 5.74. The molecule has 0 saturated carbocycles. The maximum atomic E-state index is 6.06. The molecule has 4 nitrogen and oxygen atoms in total. The zero-order chi connectivity index (χ0) is 20.2. The van der Waals surface area contributed by atoms with Crippen molar-refractivity contribution in [2.75, 3.05) is 6.61 Å². The van der Waals surface area contributed by atoms with Gasteiger partial charge in [-0.25, -0.2) is 0 Å². The summed E-state index contributed by atoms with van der Waals surface area (Å²) in [5.41, 5.74) is 1.95. The standard InChI is InChI=1S/C11H12N3O.3C4H9.Sn/c1-3-11(15-4-2)14-10-8-6-5-7-9(10)12-13-14;3*1-3-4-2;/h3,5-8H,1,4H2,2H3;3*1,3-4H2,2H3;/b11-3-;;;;. The van der Waals surface area contributed by atoms with Gasteiger partial charge >= 0.3 is 176 Å². The Morgan fingerprint density at radius 2 is 1.57 bits per heavy atom. The molecule has 1 aromatic heterocycles. The minimum atomic E-state index is -2.23. The van der Waals surface area contributed by atoms with E-state index in [4.69, 9.17) is 4.74 Å². The summed E-state index contributed by atoms with van der Waals surface area (Å²) in [6.45, 7) is 9.70. The fraction of sp³-hybridized carbons (Fsp3) is 0.652. The van der Waals surface area contributed by atoms with Gasteiger partial charge in [-0.15, -0.1) is 0 Å². The van der Waals surface area contributed by atoms with Crippen LogP contribution < -0.4 is 0 Å². The molecule has 0 atom stereocenters. The molecular formula is C23H39N3OSn. The van der Waals surface area contributed by atoms with Crippen LogP contribution in [0.4, 0.5) is 0 Å². The van der Waals surface area contributed by atoms with Crippen molar-refractivity contribution in [2.45, 2.75) is 84.0 Å². The van der Waals surface area contributed by atoms with Crippen LogP contribution in [0, 0.1) is 0 Å². The molecule has 2 rings (SSSR count).